The molecule has 0 radical (unpaired) electrons. The first-order chi connectivity index (χ1) is 18.7. The first-order valence-electron chi connectivity index (χ1n) is 15.1. The lowest BCUT2D eigenvalue weighted by Gasteiger charge is -2.28. The lowest BCUT2D eigenvalue weighted by atomic mass is 9.77. The third kappa shape index (κ3) is 11.1. The Morgan fingerprint density at radius 3 is 0.952 bits per heavy atom. The van der Waals surface area contributed by atoms with Crippen LogP contribution in [0.5, 0.6) is 0 Å². The number of hydrogen-bond donors (Lipinski definition) is 0. The van der Waals surface area contributed by atoms with Gasteiger partial charge in [0.25, 0.3) is 0 Å². The summed E-state index contributed by atoms with van der Waals surface area (Å²) < 4.78 is 0. The molecule has 0 spiro atoms. The number of nitrogens with zero attached hydrogens (tertiary/aromatic N) is 6. The van der Waals surface area contributed by atoms with Crippen LogP contribution in [0.2, 0.25) is 0 Å². The molecule has 42 heavy (non-hydrogen) atoms. The Balaban J connectivity index is 0.000000315. The zero-order valence-electron chi connectivity index (χ0n) is 30.1. The van der Waals surface area contributed by atoms with E-state index in [9.17, 15) is 0 Å². The van der Waals surface area contributed by atoms with Crippen LogP contribution in [0.15, 0.2) is 37.1 Å². The fourth-order valence-corrected chi connectivity index (χ4v) is 4.44. The second kappa shape index (κ2) is 13.3. The minimum Gasteiger partial charge on any atom is -0.257 e. The molecule has 0 unspecified atom stereocenters. The monoisotopic (exact) mass is 576 g/mol. The van der Waals surface area contributed by atoms with Crippen LogP contribution in [-0.4, -0.2) is 30.4 Å². The standard InChI is InChI=1S/3C12H20N2/c1-11(2,3)9-7-13-14-8-10(9)12(4,5)6;1-11(2,3)9-10(12(4,5)6)14-8-7-13-9;1-11(2,3)9-7-8-13-14-10(9)12(4,5)6/h3*7-8H,1-6H3. The van der Waals surface area contributed by atoms with Gasteiger partial charge in [0.15, 0.2) is 0 Å². The SMILES string of the molecule is CC(C)(C)c1ccnnc1C(C)(C)C.CC(C)(C)c1cnncc1C(C)(C)C.CC(C)(C)c1nccnc1C(C)(C)C. The van der Waals surface area contributed by atoms with Crippen LogP contribution in [0.25, 0.3) is 0 Å². The summed E-state index contributed by atoms with van der Waals surface area (Å²) in [7, 11) is 0. The molecule has 0 aromatic carbocycles. The predicted molar refractivity (Wildman–Crippen MR) is 178 cm³/mol. The van der Waals surface area contributed by atoms with E-state index in [1.807, 2.05) is 12.4 Å². The van der Waals surface area contributed by atoms with Gasteiger partial charge in [-0.2, -0.15) is 20.4 Å². The Morgan fingerprint density at radius 2 is 0.690 bits per heavy atom. The summed E-state index contributed by atoms with van der Waals surface area (Å²) in [6, 6.07) is 2.08. The smallest absolute Gasteiger partial charge is 0.0721 e. The zero-order chi connectivity index (χ0) is 32.9. The Morgan fingerprint density at radius 1 is 0.357 bits per heavy atom. The van der Waals surface area contributed by atoms with Gasteiger partial charge in [-0.1, -0.05) is 125 Å². The van der Waals surface area contributed by atoms with Crippen molar-refractivity contribution in [3.63, 3.8) is 0 Å². The van der Waals surface area contributed by atoms with Crippen LogP contribution >= 0.6 is 0 Å². The van der Waals surface area contributed by atoms with Crippen LogP contribution in [-0.2, 0) is 32.5 Å². The summed E-state index contributed by atoms with van der Waals surface area (Å²) in [4.78, 5) is 8.91. The maximum absolute atomic E-state index is 4.45. The van der Waals surface area contributed by atoms with Crippen molar-refractivity contribution in [3.8, 4) is 0 Å². The molecule has 3 aromatic heterocycles. The van der Waals surface area contributed by atoms with Gasteiger partial charge in [-0.3, -0.25) is 9.97 Å². The molecule has 3 rings (SSSR count). The number of hydrogen-bond acceptors (Lipinski definition) is 6. The lowest BCUT2D eigenvalue weighted by molar-refractivity contribution is 0.498. The molecule has 0 amide bonds. The van der Waals surface area contributed by atoms with Crippen LogP contribution in [0.4, 0.5) is 0 Å². The minimum absolute atomic E-state index is 0.0663. The van der Waals surface area contributed by atoms with Crippen LogP contribution in [0, 0.1) is 0 Å². The molecule has 0 aliphatic carbocycles. The molecular formula is C36H60N6. The van der Waals surface area contributed by atoms with E-state index in [0.717, 1.165) is 17.1 Å². The Labute approximate surface area is 258 Å². The van der Waals surface area contributed by atoms with Gasteiger partial charge in [0.1, 0.15) is 0 Å². The van der Waals surface area contributed by atoms with Crippen LogP contribution in [0.3, 0.4) is 0 Å². The van der Waals surface area contributed by atoms with Crippen LogP contribution < -0.4 is 0 Å². The van der Waals surface area contributed by atoms with E-state index in [4.69, 9.17) is 0 Å². The van der Waals surface area contributed by atoms with Crippen molar-refractivity contribution in [1.29, 1.82) is 0 Å². The van der Waals surface area contributed by atoms with Gasteiger partial charge in [-0.05, 0) is 39.0 Å². The molecule has 0 bridgehead atoms. The van der Waals surface area contributed by atoms with E-state index in [1.54, 1.807) is 18.6 Å². The molecule has 6 heteroatoms. The van der Waals surface area contributed by atoms with E-state index >= 15 is 0 Å². The van der Waals surface area contributed by atoms with Crippen molar-refractivity contribution in [1.82, 2.24) is 30.4 Å². The molecule has 0 N–H and O–H groups in total. The lowest BCUT2D eigenvalue weighted by Crippen LogP contribution is -2.24. The van der Waals surface area contributed by atoms with Gasteiger partial charge in [-0.25, -0.2) is 0 Å². The molecule has 0 saturated carbocycles. The highest BCUT2D eigenvalue weighted by Gasteiger charge is 2.28. The van der Waals surface area contributed by atoms with Gasteiger partial charge in [0.05, 0.1) is 29.5 Å². The fourth-order valence-electron chi connectivity index (χ4n) is 4.44. The first-order valence-corrected chi connectivity index (χ1v) is 15.1. The van der Waals surface area contributed by atoms with Crippen molar-refractivity contribution in [2.75, 3.05) is 0 Å². The molecule has 0 aliphatic heterocycles. The van der Waals surface area contributed by atoms with Crippen molar-refractivity contribution < 1.29 is 0 Å². The Bertz CT molecular complexity index is 1010. The quantitative estimate of drug-likeness (QED) is 0.265. The largest absolute Gasteiger partial charge is 0.257 e. The molecule has 3 aromatic rings. The maximum Gasteiger partial charge on any atom is 0.0721 e. The Hall–Kier alpha value is -2.76. The third-order valence-corrected chi connectivity index (χ3v) is 6.70. The van der Waals surface area contributed by atoms with Gasteiger partial charge in [0.2, 0.25) is 0 Å². The highest BCUT2D eigenvalue weighted by molar-refractivity contribution is 5.33. The summed E-state index contributed by atoms with van der Waals surface area (Å²) in [5.41, 5.74) is 7.80. The number of rotatable bonds is 0. The molecule has 0 saturated heterocycles. The topological polar surface area (TPSA) is 77.3 Å². The molecule has 0 fully saturated rings. The zero-order valence-corrected chi connectivity index (χ0v) is 30.1. The first kappa shape index (κ1) is 37.3. The maximum atomic E-state index is 4.45. The fraction of sp³-hybridized carbons (Fsp3) is 0.667. The summed E-state index contributed by atoms with van der Waals surface area (Å²) in [6.07, 6.45) is 9.10. The van der Waals surface area contributed by atoms with Crippen molar-refractivity contribution in [3.05, 3.63) is 70.8 Å². The van der Waals surface area contributed by atoms with E-state index in [0.29, 0.717) is 0 Å². The summed E-state index contributed by atoms with van der Waals surface area (Å²) in [5.74, 6) is 0. The number of aromatic nitrogens is 6. The van der Waals surface area contributed by atoms with E-state index < -0.39 is 0 Å². The van der Waals surface area contributed by atoms with E-state index in [-0.39, 0.29) is 32.5 Å². The van der Waals surface area contributed by atoms with E-state index in [2.05, 4.69) is 161 Å². The normalized spacial score (nSPS) is 13.0. The molecule has 0 atom stereocenters. The highest BCUT2D eigenvalue weighted by atomic mass is 15.1. The third-order valence-electron chi connectivity index (χ3n) is 6.70. The molecule has 234 valence electrons. The Kier molecular flexibility index (Phi) is 11.8. The predicted octanol–water partition coefficient (Wildman–Crippen LogP) is 9.21. The van der Waals surface area contributed by atoms with Crippen molar-refractivity contribution in [2.24, 2.45) is 0 Å². The highest BCUT2D eigenvalue weighted by Crippen LogP contribution is 2.33. The van der Waals surface area contributed by atoms with Crippen molar-refractivity contribution >= 4 is 0 Å². The molecule has 6 nitrogen and oxygen atoms in total. The summed E-state index contributed by atoms with van der Waals surface area (Å²) >= 11 is 0. The van der Waals surface area contributed by atoms with Gasteiger partial charge in [0, 0.05) is 34.8 Å². The van der Waals surface area contributed by atoms with Gasteiger partial charge >= 0.3 is 0 Å². The second-order valence-corrected chi connectivity index (χ2v) is 17.4. The average Bonchev–Trinajstić information content (AvgIpc) is 2.82. The van der Waals surface area contributed by atoms with Gasteiger partial charge in [-0.15, -0.1) is 0 Å². The van der Waals surface area contributed by atoms with Crippen molar-refractivity contribution in [2.45, 2.75) is 157 Å². The summed E-state index contributed by atoms with van der Waals surface area (Å²) in [6.45, 7) is 39.4. The minimum atomic E-state index is 0.0663. The molecular weight excluding hydrogens is 516 g/mol. The van der Waals surface area contributed by atoms with Gasteiger partial charge < -0.3 is 0 Å². The molecule has 3 heterocycles. The summed E-state index contributed by atoms with van der Waals surface area (Å²) in [5, 5.41) is 16.2. The van der Waals surface area contributed by atoms with E-state index in [1.165, 1.54) is 16.7 Å². The molecule has 0 aliphatic rings. The van der Waals surface area contributed by atoms with Crippen LogP contribution in [0.1, 0.15) is 158 Å². The average molecular weight is 577 g/mol. The second-order valence-electron chi connectivity index (χ2n) is 17.4.